The number of halogens is 1. The number of anilines is 1. The summed E-state index contributed by atoms with van der Waals surface area (Å²) in [5.41, 5.74) is 2.47. The average molecular weight is 343 g/mol. The maximum atomic E-state index is 11.6. The van der Waals surface area contributed by atoms with Crippen molar-refractivity contribution in [2.75, 3.05) is 5.32 Å². The molecule has 0 atom stereocenters. The molecule has 3 N–H and O–H groups in total. The monoisotopic (exact) mass is 342 g/mol. The molecule has 0 spiro atoms. The summed E-state index contributed by atoms with van der Waals surface area (Å²) < 4.78 is 0.959. The van der Waals surface area contributed by atoms with E-state index in [2.05, 4.69) is 26.6 Å². The highest BCUT2D eigenvalue weighted by molar-refractivity contribution is 9.10. The number of imide groups is 1. The molecule has 0 saturated heterocycles. The lowest BCUT2D eigenvalue weighted by atomic mass is 10.1. The Balaban J connectivity index is 2.58. The molecule has 3 amide bonds. The second-order valence-electron chi connectivity index (χ2n) is 4.32. The molecule has 0 unspecified atom stereocenters. The first-order valence-electron chi connectivity index (χ1n) is 5.89. The van der Waals surface area contributed by atoms with Crippen LogP contribution in [0.2, 0.25) is 0 Å². The number of urea groups is 1. The highest BCUT2D eigenvalue weighted by Crippen LogP contribution is 2.24. The summed E-state index contributed by atoms with van der Waals surface area (Å²) in [6, 6.07) is 2.85. The molecule has 108 valence electrons. The molecule has 6 nitrogen and oxygen atoms in total. The van der Waals surface area contributed by atoms with Gasteiger partial charge in [-0.2, -0.15) is 0 Å². The molecule has 1 aromatic rings. The minimum absolute atomic E-state index is 0.235. The topological polar surface area (TPSA) is 95.5 Å². The summed E-state index contributed by atoms with van der Waals surface area (Å²) >= 11 is 3.42. The fraction of sp³-hybridized carbons (Fsp3) is 0.308. The number of nitrogens with one attached hydrogen (secondary N) is 2. The van der Waals surface area contributed by atoms with E-state index in [0.29, 0.717) is 5.69 Å². The van der Waals surface area contributed by atoms with Gasteiger partial charge in [0, 0.05) is 16.6 Å². The maximum Gasteiger partial charge on any atom is 0.325 e. The van der Waals surface area contributed by atoms with Crippen molar-refractivity contribution in [1.82, 2.24) is 5.32 Å². The number of hydrogen-bond donors (Lipinski definition) is 3. The number of amides is 3. The summed E-state index contributed by atoms with van der Waals surface area (Å²) in [7, 11) is 0. The summed E-state index contributed by atoms with van der Waals surface area (Å²) in [5.74, 6) is -1.71. The summed E-state index contributed by atoms with van der Waals surface area (Å²) in [4.78, 5) is 33.2. The van der Waals surface area contributed by atoms with Gasteiger partial charge < -0.3 is 10.4 Å². The number of benzene rings is 1. The molecule has 0 aliphatic carbocycles. The van der Waals surface area contributed by atoms with Gasteiger partial charge in [-0.3, -0.25) is 14.9 Å². The van der Waals surface area contributed by atoms with Crippen LogP contribution in [0.15, 0.2) is 16.6 Å². The number of rotatable bonds is 4. The van der Waals surface area contributed by atoms with Crippen LogP contribution < -0.4 is 10.6 Å². The van der Waals surface area contributed by atoms with Crippen LogP contribution >= 0.6 is 15.9 Å². The normalized spacial score (nSPS) is 9.95. The lowest BCUT2D eigenvalue weighted by Gasteiger charge is -2.10. The van der Waals surface area contributed by atoms with E-state index in [1.807, 2.05) is 13.8 Å². The Bertz CT molecular complexity index is 534. The Morgan fingerprint density at radius 2 is 1.70 bits per heavy atom. The van der Waals surface area contributed by atoms with Crippen LogP contribution in [0.4, 0.5) is 10.5 Å². The van der Waals surface area contributed by atoms with Crippen molar-refractivity contribution in [3.8, 4) is 0 Å². The van der Waals surface area contributed by atoms with Crippen LogP contribution in [0, 0.1) is 13.8 Å². The summed E-state index contributed by atoms with van der Waals surface area (Å²) in [6.45, 7) is 3.77. The Morgan fingerprint density at radius 1 is 1.15 bits per heavy atom. The van der Waals surface area contributed by atoms with Crippen LogP contribution in [-0.4, -0.2) is 23.0 Å². The van der Waals surface area contributed by atoms with Crippen molar-refractivity contribution in [3.05, 3.63) is 27.7 Å². The predicted molar refractivity (Wildman–Crippen MR) is 77.6 cm³/mol. The van der Waals surface area contributed by atoms with Gasteiger partial charge in [-0.05, 0) is 37.1 Å². The van der Waals surface area contributed by atoms with E-state index < -0.39 is 17.9 Å². The molecule has 0 saturated carbocycles. The molecule has 0 aromatic heterocycles. The smallest absolute Gasteiger partial charge is 0.325 e. The fourth-order valence-electron chi connectivity index (χ4n) is 1.59. The van der Waals surface area contributed by atoms with E-state index in [9.17, 15) is 14.4 Å². The van der Waals surface area contributed by atoms with Crippen molar-refractivity contribution in [1.29, 1.82) is 0 Å². The SMILES string of the molecule is Cc1cc(NC(=O)NC(=O)CCC(=O)O)cc(C)c1Br. The first-order chi connectivity index (χ1) is 9.29. The first kappa shape index (κ1) is 16.2. The van der Waals surface area contributed by atoms with Crippen molar-refractivity contribution >= 4 is 39.5 Å². The zero-order chi connectivity index (χ0) is 15.3. The fourth-order valence-corrected chi connectivity index (χ4v) is 1.82. The number of carboxylic acids is 1. The molecule has 20 heavy (non-hydrogen) atoms. The van der Waals surface area contributed by atoms with Gasteiger partial charge in [0.1, 0.15) is 0 Å². The highest BCUT2D eigenvalue weighted by Gasteiger charge is 2.10. The van der Waals surface area contributed by atoms with Crippen molar-refractivity contribution in [3.63, 3.8) is 0 Å². The lowest BCUT2D eigenvalue weighted by Crippen LogP contribution is -2.34. The van der Waals surface area contributed by atoms with Crippen molar-refractivity contribution in [2.24, 2.45) is 0 Å². The van der Waals surface area contributed by atoms with Gasteiger partial charge in [-0.25, -0.2) is 4.79 Å². The number of carbonyl (C=O) groups is 3. The number of carbonyl (C=O) groups excluding carboxylic acids is 2. The largest absolute Gasteiger partial charge is 0.481 e. The van der Waals surface area contributed by atoms with Gasteiger partial charge in [-0.1, -0.05) is 15.9 Å². The van der Waals surface area contributed by atoms with E-state index in [-0.39, 0.29) is 12.8 Å². The predicted octanol–water partition coefficient (Wildman–Crippen LogP) is 2.58. The van der Waals surface area contributed by atoms with Gasteiger partial charge in [0.05, 0.1) is 6.42 Å². The van der Waals surface area contributed by atoms with Crippen LogP contribution in [-0.2, 0) is 9.59 Å². The molecule has 0 bridgehead atoms. The van der Waals surface area contributed by atoms with Gasteiger partial charge >= 0.3 is 12.0 Å². The zero-order valence-corrected chi connectivity index (χ0v) is 12.7. The second-order valence-corrected chi connectivity index (χ2v) is 5.11. The summed E-state index contributed by atoms with van der Waals surface area (Å²) in [5, 5.41) is 13.0. The Morgan fingerprint density at radius 3 is 2.20 bits per heavy atom. The quantitative estimate of drug-likeness (QED) is 0.783. The van der Waals surface area contributed by atoms with E-state index in [1.165, 1.54) is 0 Å². The van der Waals surface area contributed by atoms with Gasteiger partial charge in [0.15, 0.2) is 0 Å². The molecule has 1 aromatic carbocycles. The van der Waals surface area contributed by atoms with Gasteiger partial charge in [0.2, 0.25) is 5.91 Å². The Hall–Kier alpha value is -1.89. The summed E-state index contributed by atoms with van der Waals surface area (Å²) in [6.07, 6.45) is -0.545. The highest BCUT2D eigenvalue weighted by atomic mass is 79.9. The van der Waals surface area contributed by atoms with Crippen LogP contribution in [0.3, 0.4) is 0 Å². The molecule has 1 rings (SSSR count). The number of carboxylic acid groups (broad SMARTS) is 1. The molecular weight excluding hydrogens is 328 g/mol. The van der Waals surface area contributed by atoms with Crippen molar-refractivity contribution in [2.45, 2.75) is 26.7 Å². The average Bonchev–Trinajstić information content (AvgIpc) is 2.33. The minimum Gasteiger partial charge on any atom is -0.481 e. The second kappa shape index (κ2) is 7.04. The molecular formula is C13H15BrN2O4. The van der Waals surface area contributed by atoms with Gasteiger partial charge in [-0.15, -0.1) is 0 Å². The van der Waals surface area contributed by atoms with Crippen LogP contribution in [0.25, 0.3) is 0 Å². The van der Waals surface area contributed by atoms with Crippen LogP contribution in [0.1, 0.15) is 24.0 Å². The van der Waals surface area contributed by atoms with E-state index in [0.717, 1.165) is 15.6 Å². The molecule has 0 fully saturated rings. The third kappa shape index (κ3) is 5.00. The van der Waals surface area contributed by atoms with Crippen molar-refractivity contribution < 1.29 is 19.5 Å². The molecule has 0 aliphatic heterocycles. The Kier molecular flexibility index (Phi) is 5.69. The van der Waals surface area contributed by atoms with E-state index in [1.54, 1.807) is 12.1 Å². The lowest BCUT2D eigenvalue weighted by molar-refractivity contribution is -0.138. The number of hydrogen-bond acceptors (Lipinski definition) is 3. The van der Waals surface area contributed by atoms with Crippen LogP contribution in [0.5, 0.6) is 0 Å². The third-order valence-corrected chi connectivity index (χ3v) is 3.76. The molecule has 0 heterocycles. The minimum atomic E-state index is -1.08. The molecule has 0 aliphatic rings. The maximum absolute atomic E-state index is 11.6. The Labute approximate surface area is 124 Å². The molecule has 7 heteroatoms. The number of aliphatic carboxylic acids is 1. The first-order valence-corrected chi connectivity index (χ1v) is 6.68. The molecule has 0 radical (unpaired) electrons. The van der Waals surface area contributed by atoms with E-state index in [4.69, 9.17) is 5.11 Å². The standard InChI is InChI=1S/C13H15BrN2O4/c1-7-5-9(6-8(2)12(7)14)15-13(20)16-10(17)3-4-11(18)19/h5-6H,3-4H2,1-2H3,(H,18,19)(H2,15,16,17,20). The van der Waals surface area contributed by atoms with E-state index >= 15 is 0 Å². The number of aryl methyl sites for hydroxylation is 2. The zero-order valence-electron chi connectivity index (χ0n) is 11.1. The third-order valence-electron chi connectivity index (χ3n) is 2.51. The van der Waals surface area contributed by atoms with Gasteiger partial charge in [0.25, 0.3) is 0 Å².